The SMILES string of the molecule is N#C/C(=C/NCc1cccc(CN)c1)C(=O)N1CCOCC1. The van der Waals surface area contributed by atoms with Crippen molar-refractivity contribution in [1.82, 2.24) is 10.2 Å². The van der Waals surface area contributed by atoms with Crippen LogP contribution < -0.4 is 11.1 Å². The van der Waals surface area contributed by atoms with E-state index in [1.807, 2.05) is 30.3 Å². The molecular formula is C16H20N4O2. The lowest BCUT2D eigenvalue weighted by Gasteiger charge is -2.26. The van der Waals surface area contributed by atoms with Gasteiger partial charge in [-0.3, -0.25) is 4.79 Å². The number of nitrogens with one attached hydrogen (secondary N) is 1. The first-order valence-electron chi connectivity index (χ1n) is 7.23. The highest BCUT2D eigenvalue weighted by molar-refractivity contribution is 5.97. The fourth-order valence-electron chi connectivity index (χ4n) is 2.22. The van der Waals surface area contributed by atoms with Crippen molar-refractivity contribution >= 4 is 5.91 Å². The molecule has 1 aliphatic heterocycles. The van der Waals surface area contributed by atoms with Crippen molar-refractivity contribution in [3.63, 3.8) is 0 Å². The minimum absolute atomic E-state index is 0.108. The van der Waals surface area contributed by atoms with E-state index in [2.05, 4.69) is 5.32 Å². The quantitative estimate of drug-likeness (QED) is 0.610. The Labute approximate surface area is 130 Å². The van der Waals surface area contributed by atoms with Gasteiger partial charge in [0.15, 0.2) is 0 Å². The second-order valence-corrected chi connectivity index (χ2v) is 4.98. The molecule has 1 aromatic carbocycles. The first kappa shape index (κ1) is 16.0. The first-order chi connectivity index (χ1) is 10.7. The molecule has 0 bridgehead atoms. The zero-order valence-electron chi connectivity index (χ0n) is 12.4. The summed E-state index contributed by atoms with van der Waals surface area (Å²) in [5, 5.41) is 12.2. The summed E-state index contributed by atoms with van der Waals surface area (Å²) in [5.74, 6) is -0.256. The van der Waals surface area contributed by atoms with Crippen LogP contribution in [0.1, 0.15) is 11.1 Å². The number of rotatable bonds is 5. The summed E-state index contributed by atoms with van der Waals surface area (Å²) in [7, 11) is 0. The van der Waals surface area contributed by atoms with Crippen molar-refractivity contribution in [2.75, 3.05) is 26.3 Å². The van der Waals surface area contributed by atoms with Crippen LogP contribution in [0.2, 0.25) is 0 Å². The number of hydrogen-bond donors (Lipinski definition) is 2. The van der Waals surface area contributed by atoms with E-state index in [-0.39, 0.29) is 11.5 Å². The molecule has 0 aromatic heterocycles. The Hall–Kier alpha value is -2.36. The number of nitrogens with two attached hydrogens (primary N) is 1. The molecule has 116 valence electrons. The van der Waals surface area contributed by atoms with Crippen molar-refractivity contribution < 1.29 is 9.53 Å². The first-order valence-corrected chi connectivity index (χ1v) is 7.23. The van der Waals surface area contributed by atoms with E-state index < -0.39 is 0 Å². The number of amides is 1. The number of morpholine rings is 1. The number of carbonyl (C=O) groups is 1. The van der Waals surface area contributed by atoms with Crippen LogP contribution in [0.4, 0.5) is 0 Å². The van der Waals surface area contributed by atoms with Crippen molar-refractivity contribution in [2.24, 2.45) is 5.73 Å². The number of nitriles is 1. The fourth-order valence-corrected chi connectivity index (χ4v) is 2.22. The number of nitrogens with zero attached hydrogens (tertiary/aromatic N) is 2. The summed E-state index contributed by atoms with van der Waals surface area (Å²) in [5.41, 5.74) is 7.81. The number of carbonyl (C=O) groups excluding carboxylic acids is 1. The largest absolute Gasteiger partial charge is 0.386 e. The molecule has 2 rings (SSSR count). The van der Waals surface area contributed by atoms with E-state index in [9.17, 15) is 4.79 Å². The summed E-state index contributed by atoms with van der Waals surface area (Å²) in [6.07, 6.45) is 1.48. The van der Waals surface area contributed by atoms with Crippen LogP contribution in [0.3, 0.4) is 0 Å². The maximum atomic E-state index is 12.2. The van der Waals surface area contributed by atoms with E-state index in [0.717, 1.165) is 11.1 Å². The Morgan fingerprint density at radius 1 is 1.41 bits per heavy atom. The average molecular weight is 300 g/mol. The van der Waals surface area contributed by atoms with Crippen LogP contribution in [0.15, 0.2) is 36.0 Å². The van der Waals surface area contributed by atoms with E-state index >= 15 is 0 Å². The molecule has 1 saturated heterocycles. The fraction of sp³-hybridized carbons (Fsp3) is 0.375. The molecule has 0 radical (unpaired) electrons. The third-order valence-corrected chi connectivity index (χ3v) is 3.43. The third-order valence-electron chi connectivity index (χ3n) is 3.43. The summed E-state index contributed by atoms with van der Waals surface area (Å²) in [6.45, 7) is 3.11. The molecule has 1 aromatic rings. The summed E-state index contributed by atoms with van der Waals surface area (Å²) < 4.78 is 5.20. The zero-order chi connectivity index (χ0) is 15.8. The van der Waals surface area contributed by atoms with Gasteiger partial charge in [-0.25, -0.2) is 0 Å². The summed E-state index contributed by atoms with van der Waals surface area (Å²) in [6, 6.07) is 9.82. The monoisotopic (exact) mass is 300 g/mol. The molecule has 1 amide bonds. The Balaban J connectivity index is 1.94. The van der Waals surface area contributed by atoms with E-state index in [1.165, 1.54) is 6.20 Å². The molecule has 0 spiro atoms. The second kappa shape index (κ2) is 8.17. The van der Waals surface area contributed by atoms with Gasteiger partial charge in [-0.2, -0.15) is 5.26 Å². The lowest BCUT2D eigenvalue weighted by atomic mass is 10.1. The Kier molecular flexibility index (Phi) is 5.95. The highest BCUT2D eigenvalue weighted by atomic mass is 16.5. The predicted octanol–water partition coefficient (Wildman–Crippen LogP) is 0.501. The Morgan fingerprint density at radius 3 is 2.82 bits per heavy atom. The van der Waals surface area contributed by atoms with Gasteiger partial charge < -0.3 is 20.7 Å². The number of benzene rings is 1. The molecule has 1 fully saturated rings. The van der Waals surface area contributed by atoms with Gasteiger partial charge in [0.25, 0.3) is 5.91 Å². The van der Waals surface area contributed by atoms with Gasteiger partial charge in [0, 0.05) is 32.4 Å². The van der Waals surface area contributed by atoms with Gasteiger partial charge >= 0.3 is 0 Å². The molecular weight excluding hydrogens is 280 g/mol. The summed E-state index contributed by atoms with van der Waals surface area (Å²) in [4.78, 5) is 13.8. The molecule has 3 N–H and O–H groups in total. The topological polar surface area (TPSA) is 91.4 Å². The molecule has 0 saturated carbocycles. The lowest BCUT2D eigenvalue weighted by molar-refractivity contribution is -0.130. The van der Waals surface area contributed by atoms with Gasteiger partial charge in [-0.1, -0.05) is 24.3 Å². The third kappa shape index (κ3) is 4.32. The van der Waals surface area contributed by atoms with Crippen molar-refractivity contribution in [3.8, 4) is 6.07 Å². The molecule has 0 aliphatic carbocycles. The average Bonchev–Trinajstić information content (AvgIpc) is 2.59. The van der Waals surface area contributed by atoms with E-state index in [4.69, 9.17) is 15.7 Å². The number of ether oxygens (including phenoxy) is 1. The normalized spacial score (nSPS) is 15.3. The van der Waals surface area contributed by atoms with Crippen LogP contribution in [-0.4, -0.2) is 37.1 Å². The van der Waals surface area contributed by atoms with Crippen molar-refractivity contribution in [2.45, 2.75) is 13.1 Å². The molecule has 6 nitrogen and oxygen atoms in total. The Bertz CT molecular complexity index is 586. The van der Waals surface area contributed by atoms with Gasteiger partial charge in [0.05, 0.1) is 13.2 Å². The molecule has 6 heteroatoms. The van der Waals surface area contributed by atoms with Gasteiger partial charge in [-0.05, 0) is 11.1 Å². The zero-order valence-corrected chi connectivity index (χ0v) is 12.4. The van der Waals surface area contributed by atoms with Gasteiger partial charge in [-0.15, -0.1) is 0 Å². The number of hydrogen-bond acceptors (Lipinski definition) is 5. The van der Waals surface area contributed by atoms with Crippen LogP contribution in [0, 0.1) is 11.3 Å². The minimum atomic E-state index is -0.256. The van der Waals surface area contributed by atoms with Crippen LogP contribution >= 0.6 is 0 Å². The highest BCUT2D eigenvalue weighted by Gasteiger charge is 2.20. The minimum Gasteiger partial charge on any atom is -0.386 e. The molecule has 22 heavy (non-hydrogen) atoms. The van der Waals surface area contributed by atoms with E-state index in [0.29, 0.717) is 39.4 Å². The van der Waals surface area contributed by atoms with Crippen LogP contribution in [0.5, 0.6) is 0 Å². The van der Waals surface area contributed by atoms with Gasteiger partial charge in [0.1, 0.15) is 11.6 Å². The molecule has 1 aliphatic rings. The van der Waals surface area contributed by atoms with Crippen LogP contribution in [0.25, 0.3) is 0 Å². The maximum absolute atomic E-state index is 12.2. The second-order valence-electron chi connectivity index (χ2n) is 4.98. The standard InChI is InChI=1S/C16H20N4O2/c17-9-13-2-1-3-14(8-13)11-19-12-15(10-18)16(21)20-4-6-22-7-5-20/h1-3,8,12,19H,4-7,9,11,17H2/b15-12-. The van der Waals surface area contributed by atoms with Gasteiger partial charge in [0.2, 0.25) is 0 Å². The van der Waals surface area contributed by atoms with Crippen molar-refractivity contribution in [3.05, 3.63) is 47.2 Å². The lowest BCUT2D eigenvalue weighted by Crippen LogP contribution is -2.41. The molecule has 0 atom stereocenters. The van der Waals surface area contributed by atoms with Crippen molar-refractivity contribution in [1.29, 1.82) is 5.26 Å². The van der Waals surface area contributed by atoms with Crippen LogP contribution in [-0.2, 0) is 22.6 Å². The Morgan fingerprint density at radius 2 is 2.14 bits per heavy atom. The predicted molar refractivity (Wildman–Crippen MR) is 82.3 cm³/mol. The smallest absolute Gasteiger partial charge is 0.266 e. The highest BCUT2D eigenvalue weighted by Crippen LogP contribution is 2.06. The van der Waals surface area contributed by atoms with E-state index in [1.54, 1.807) is 4.90 Å². The molecule has 0 unspecified atom stereocenters. The maximum Gasteiger partial charge on any atom is 0.266 e. The summed E-state index contributed by atoms with van der Waals surface area (Å²) >= 11 is 0. The molecule has 1 heterocycles.